The molecule has 6 heteroatoms. The molecule has 96 valence electrons. The van der Waals surface area contributed by atoms with E-state index in [1.54, 1.807) is 31.2 Å². The number of nitrogens with one attached hydrogen (secondary N) is 1. The lowest BCUT2D eigenvalue weighted by molar-refractivity contribution is 0.600. The van der Waals surface area contributed by atoms with Crippen LogP contribution in [0.15, 0.2) is 47.6 Å². The predicted octanol–water partition coefficient (Wildman–Crippen LogP) is 2.06. The van der Waals surface area contributed by atoms with Crippen LogP contribution < -0.4 is 4.72 Å². The SMILES string of the molecule is Cc1ccc(C#N)cc1S(=O)(=O)Nc1ccncc1. The lowest BCUT2D eigenvalue weighted by atomic mass is 10.2. The molecule has 0 spiro atoms. The van der Waals surface area contributed by atoms with Crippen LogP contribution >= 0.6 is 0 Å². The number of hydrogen-bond acceptors (Lipinski definition) is 4. The lowest BCUT2D eigenvalue weighted by Crippen LogP contribution is -2.14. The second-order valence-corrected chi connectivity index (χ2v) is 5.58. The summed E-state index contributed by atoms with van der Waals surface area (Å²) in [6, 6.07) is 9.60. The third-order valence-electron chi connectivity index (χ3n) is 2.54. The van der Waals surface area contributed by atoms with E-state index in [9.17, 15) is 8.42 Å². The van der Waals surface area contributed by atoms with Gasteiger partial charge in [0, 0.05) is 12.4 Å². The minimum absolute atomic E-state index is 0.100. The van der Waals surface area contributed by atoms with Gasteiger partial charge in [-0.25, -0.2) is 8.42 Å². The van der Waals surface area contributed by atoms with E-state index in [4.69, 9.17) is 5.26 Å². The number of nitriles is 1. The van der Waals surface area contributed by atoms with Gasteiger partial charge in [-0.1, -0.05) is 6.07 Å². The molecule has 5 nitrogen and oxygen atoms in total. The van der Waals surface area contributed by atoms with Crippen molar-refractivity contribution < 1.29 is 8.42 Å². The van der Waals surface area contributed by atoms with E-state index < -0.39 is 10.0 Å². The van der Waals surface area contributed by atoms with Crippen molar-refractivity contribution in [2.24, 2.45) is 0 Å². The first kappa shape index (κ1) is 13.1. The Labute approximate surface area is 111 Å². The zero-order valence-electron chi connectivity index (χ0n) is 10.2. The van der Waals surface area contributed by atoms with E-state index in [1.807, 2.05) is 6.07 Å². The average molecular weight is 273 g/mol. The molecule has 1 heterocycles. The quantitative estimate of drug-likeness (QED) is 0.927. The molecular weight excluding hydrogens is 262 g/mol. The number of hydrogen-bond donors (Lipinski definition) is 1. The van der Waals surface area contributed by atoms with Crippen molar-refractivity contribution in [3.8, 4) is 6.07 Å². The molecule has 0 aliphatic heterocycles. The summed E-state index contributed by atoms with van der Waals surface area (Å²) in [5, 5.41) is 8.83. The van der Waals surface area contributed by atoms with Gasteiger partial charge in [0.05, 0.1) is 22.2 Å². The van der Waals surface area contributed by atoms with E-state index >= 15 is 0 Å². The summed E-state index contributed by atoms with van der Waals surface area (Å²) < 4.78 is 26.9. The maximum absolute atomic E-state index is 12.2. The minimum Gasteiger partial charge on any atom is -0.280 e. The van der Waals surface area contributed by atoms with Crippen LogP contribution in [-0.4, -0.2) is 13.4 Å². The highest BCUT2D eigenvalue weighted by atomic mass is 32.2. The molecule has 0 radical (unpaired) electrons. The number of aryl methyl sites for hydroxylation is 1. The third-order valence-corrected chi connectivity index (χ3v) is 4.06. The molecule has 0 bridgehead atoms. The molecular formula is C13H11N3O2S. The molecule has 0 amide bonds. The summed E-state index contributed by atoms with van der Waals surface area (Å²) in [6.07, 6.45) is 2.99. The van der Waals surface area contributed by atoms with E-state index in [-0.39, 0.29) is 4.90 Å². The first-order chi connectivity index (χ1) is 9.03. The largest absolute Gasteiger partial charge is 0.280 e. The number of sulfonamides is 1. The second kappa shape index (κ2) is 5.08. The van der Waals surface area contributed by atoms with Crippen LogP contribution in [0.3, 0.4) is 0 Å². The third kappa shape index (κ3) is 2.89. The van der Waals surface area contributed by atoms with Gasteiger partial charge in [0.15, 0.2) is 0 Å². The van der Waals surface area contributed by atoms with Gasteiger partial charge in [-0.3, -0.25) is 9.71 Å². The van der Waals surface area contributed by atoms with Crippen molar-refractivity contribution in [3.05, 3.63) is 53.9 Å². The van der Waals surface area contributed by atoms with Crippen LogP contribution in [0.4, 0.5) is 5.69 Å². The fourth-order valence-electron chi connectivity index (χ4n) is 1.59. The number of nitrogens with zero attached hydrogens (tertiary/aromatic N) is 2. The Kier molecular flexibility index (Phi) is 3.49. The van der Waals surface area contributed by atoms with Crippen LogP contribution in [0.5, 0.6) is 0 Å². The molecule has 0 aliphatic carbocycles. The van der Waals surface area contributed by atoms with Crippen LogP contribution in [0.1, 0.15) is 11.1 Å². The second-order valence-electron chi connectivity index (χ2n) is 3.93. The maximum Gasteiger partial charge on any atom is 0.262 e. The van der Waals surface area contributed by atoms with Crippen molar-refractivity contribution in [2.75, 3.05) is 4.72 Å². The summed E-state index contributed by atoms with van der Waals surface area (Å²) in [4.78, 5) is 3.92. The van der Waals surface area contributed by atoms with Gasteiger partial charge < -0.3 is 0 Å². The molecule has 1 N–H and O–H groups in total. The normalized spacial score (nSPS) is 10.7. The number of rotatable bonds is 3. The highest BCUT2D eigenvalue weighted by molar-refractivity contribution is 7.92. The number of anilines is 1. The minimum atomic E-state index is -3.71. The molecule has 2 aromatic rings. The molecule has 0 unspecified atom stereocenters. The first-order valence-corrected chi connectivity index (χ1v) is 6.95. The van der Waals surface area contributed by atoms with Gasteiger partial charge in [-0.2, -0.15) is 5.26 Å². The predicted molar refractivity (Wildman–Crippen MR) is 70.9 cm³/mol. The summed E-state index contributed by atoms with van der Waals surface area (Å²) in [5.41, 5.74) is 1.32. The fraction of sp³-hybridized carbons (Fsp3) is 0.0769. The molecule has 0 saturated heterocycles. The van der Waals surface area contributed by atoms with Crippen LogP contribution in [0.2, 0.25) is 0 Å². The molecule has 0 atom stereocenters. The zero-order chi connectivity index (χ0) is 13.9. The van der Waals surface area contributed by atoms with Crippen molar-refractivity contribution in [1.29, 1.82) is 5.26 Å². The van der Waals surface area contributed by atoms with E-state index in [0.717, 1.165) is 0 Å². The fourth-order valence-corrected chi connectivity index (χ4v) is 2.92. The molecule has 1 aromatic carbocycles. The molecule has 0 saturated carbocycles. The maximum atomic E-state index is 12.2. The topological polar surface area (TPSA) is 82.8 Å². The van der Waals surface area contributed by atoms with Gasteiger partial charge in [-0.05, 0) is 36.8 Å². The zero-order valence-corrected chi connectivity index (χ0v) is 11.0. The molecule has 19 heavy (non-hydrogen) atoms. The Morgan fingerprint density at radius 1 is 1.21 bits per heavy atom. The monoisotopic (exact) mass is 273 g/mol. The van der Waals surface area contributed by atoms with Gasteiger partial charge in [0.25, 0.3) is 10.0 Å². The average Bonchev–Trinajstić information content (AvgIpc) is 2.39. The Morgan fingerprint density at radius 3 is 2.53 bits per heavy atom. The van der Waals surface area contributed by atoms with E-state index in [2.05, 4.69) is 9.71 Å². The molecule has 0 aliphatic rings. The Bertz CT molecular complexity index is 734. The van der Waals surface area contributed by atoms with Gasteiger partial charge in [0.1, 0.15) is 0 Å². The molecule has 0 fully saturated rings. The van der Waals surface area contributed by atoms with Crippen LogP contribution in [0.25, 0.3) is 0 Å². The summed E-state index contributed by atoms with van der Waals surface area (Å²) >= 11 is 0. The van der Waals surface area contributed by atoms with Crippen LogP contribution in [-0.2, 0) is 10.0 Å². The molecule has 2 rings (SSSR count). The first-order valence-electron chi connectivity index (χ1n) is 5.46. The summed E-state index contributed by atoms with van der Waals surface area (Å²) in [7, 11) is -3.71. The van der Waals surface area contributed by atoms with Crippen LogP contribution in [0, 0.1) is 18.3 Å². The molecule has 1 aromatic heterocycles. The van der Waals surface area contributed by atoms with E-state index in [1.165, 1.54) is 18.5 Å². The smallest absolute Gasteiger partial charge is 0.262 e. The Balaban J connectivity index is 2.43. The van der Waals surface area contributed by atoms with Gasteiger partial charge in [-0.15, -0.1) is 0 Å². The Morgan fingerprint density at radius 2 is 1.89 bits per heavy atom. The van der Waals surface area contributed by atoms with Crippen molar-refractivity contribution >= 4 is 15.7 Å². The summed E-state index contributed by atoms with van der Waals surface area (Å²) in [5.74, 6) is 0. The highest BCUT2D eigenvalue weighted by Crippen LogP contribution is 2.20. The number of pyridine rings is 1. The highest BCUT2D eigenvalue weighted by Gasteiger charge is 2.17. The number of benzene rings is 1. The lowest BCUT2D eigenvalue weighted by Gasteiger charge is -2.10. The van der Waals surface area contributed by atoms with Crippen molar-refractivity contribution in [3.63, 3.8) is 0 Å². The van der Waals surface area contributed by atoms with E-state index in [0.29, 0.717) is 16.8 Å². The Hall–Kier alpha value is -2.39. The standard InChI is InChI=1S/C13H11N3O2S/c1-10-2-3-11(9-14)8-13(10)19(17,18)16-12-4-6-15-7-5-12/h2-8H,1H3,(H,15,16). The number of aromatic nitrogens is 1. The van der Waals surface area contributed by atoms with Crippen molar-refractivity contribution in [1.82, 2.24) is 4.98 Å². The van der Waals surface area contributed by atoms with Gasteiger partial charge >= 0.3 is 0 Å². The van der Waals surface area contributed by atoms with Gasteiger partial charge in [0.2, 0.25) is 0 Å². The summed E-state index contributed by atoms with van der Waals surface area (Å²) in [6.45, 7) is 1.68. The van der Waals surface area contributed by atoms with Crippen molar-refractivity contribution in [2.45, 2.75) is 11.8 Å².